The number of carboxylic acid groups (broad SMARTS) is 1. The Kier molecular flexibility index (Phi) is 3.78. The van der Waals surface area contributed by atoms with Crippen LogP contribution in [0.25, 0.3) is 0 Å². The van der Waals surface area contributed by atoms with Crippen molar-refractivity contribution in [1.29, 1.82) is 0 Å². The van der Waals surface area contributed by atoms with Crippen molar-refractivity contribution in [1.82, 2.24) is 5.32 Å². The number of nitrogens with one attached hydrogen (secondary N) is 1. The average molecular weight is 270 g/mol. The normalized spacial score (nSPS) is 23.1. The second-order valence-electron chi connectivity index (χ2n) is 4.60. The molecule has 0 radical (unpaired) electrons. The van der Waals surface area contributed by atoms with Crippen molar-refractivity contribution in [2.45, 2.75) is 19.4 Å². The molecule has 1 aromatic carbocycles. The molecule has 5 heteroatoms. The van der Waals surface area contributed by atoms with Gasteiger partial charge in [0, 0.05) is 12.6 Å². The molecule has 18 heavy (non-hydrogen) atoms. The number of benzene rings is 1. The van der Waals surface area contributed by atoms with Gasteiger partial charge in [-0.25, -0.2) is 0 Å². The van der Waals surface area contributed by atoms with Crippen LogP contribution in [-0.4, -0.2) is 24.7 Å². The van der Waals surface area contributed by atoms with Gasteiger partial charge in [-0.05, 0) is 30.5 Å². The maximum atomic E-state index is 11.0. The van der Waals surface area contributed by atoms with E-state index < -0.39 is 5.97 Å². The number of carbonyl (C=O) groups is 1. The van der Waals surface area contributed by atoms with Crippen LogP contribution in [0.4, 0.5) is 0 Å². The number of ether oxygens (including phenoxy) is 1. The monoisotopic (exact) mass is 269 g/mol. The lowest BCUT2D eigenvalue weighted by Gasteiger charge is -2.16. The van der Waals surface area contributed by atoms with Crippen molar-refractivity contribution in [3.8, 4) is 5.75 Å². The van der Waals surface area contributed by atoms with Crippen LogP contribution in [0.3, 0.4) is 0 Å². The molecule has 2 atom stereocenters. The van der Waals surface area contributed by atoms with Crippen molar-refractivity contribution in [2.24, 2.45) is 5.92 Å². The van der Waals surface area contributed by atoms with E-state index in [1.165, 1.54) is 0 Å². The van der Waals surface area contributed by atoms with E-state index in [2.05, 4.69) is 5.32 Å². The zero-order valence-corrected chi connectivity index (χ0v) is 11.1. The molecule has 1 heterocycles. The fourth-order valence-corrected chi connectivity index (χ4v) is 2.64. The van der Waals surface area contributed by atoms with Gasteiger partial charge in [0.1, 0.15) is 5.75 Å². The van der Waals surface area contributed by atoms with Crippen molar-refractivity contribution in [3.63, 3.8) is 0 Å². The summed E-state index contributed by atoms with van der Waals surface area (Å²) in [5.41, 5.74) is 1.96. The summed E-state index contributed by atoms with van der Waals surface area (Å²) in [6.07, 6.45) is 0.557. The van der Waals surface area contributed by atoms with E-state index in [4.69, 9.17) is 21.4 Å². The Morgan fingerprint density at radius 3 is 2.83 bits per heavy atom. The number of hydrogen-bond donors (Lipinski definition) is 2. The Hall–Kier alpha value is -1.26. The highest BCUT2D eigenvalue weighted by Crippen LogP contribution is 2.37. The van der Waals surface area contributed by atoms with E-state index in [1.54, 1.807) is 7.11 Å². The predicted molar refractivity (Wildman–Crippen MR) is 69.2 cm³/mol. The minimum absolute atomic E-state index is 0.0209. The van der Waals surface area contributed by atoms with Crippen LogP contribution in [0.15, 0.2) is 12.1 Å². The largest absolute Gasteiger partial charge is 0.495 e. The molecule has 1 aromatic rings. The molecular weight excluding hydrogens is 254 g/mol. The molecule has 1 aliphatic heterocycles. The van der Waals surface area contributed by atoms with E-state index in [9.17, 15) is 4.79 Å². The number of aliphatic carboxylic acids is 1. The Morgan fingerprint density at radius 1 is 1.56 bits per heavy atom. The molecule has 98 valence electrons. The summed E-state index contributed by atoms with van der Waals surface area (Å²) in [5.74, 6) is -0.481. The van der Waals surface area contributed by atoms with Crippen LogP contribution in [0, 0.1) is 12.8 Å². The SMILES string of the molecule is COc1cc(C)cc(C2CC(C(=O)O)CN2)c1Cl. The van der Waals surface area contributed by atoms with Crippen molar-refractivity contribution in [3.05, 3.63) is 28.3 Å². The fraction of sp³-hybridized carbons (Fsp3) is 0.462. The zero-order valence-electron chi connectivity index (χ0n) is 10.4. The van der Waals surface area contributed by atoms with Crippen LogP contribution in [0.5, 0.6) is 5.75 Å². The second-order valence-corrected chi connectivity index (χ2v) is 4.98. The Bertz CT molecular complexity index is 476. The molecule has 1 saturated heterocycles. The van der Waals surface area contributed by atoms with E-state index in [0.29, 0.717) is 23.7 Å². The van der Waals surface area contributed by atoms with Gasteiger partial charge in [-0.2, -0.15) is 0 Å². The van der Waals surface area contributed by atoms with Crippen LogP contribution < -0.4 is 10.1 Å². The van der Waals surface area contributed by atoms with Crippen LogP contribution >= 0.6 is 11.6 Å². The van der Waals surface area contributed by atoms with E-state index in [-0.39, 0.29) is 12.0 Å². The molecule has 0 bridgehead atoms. The lowest BCUT2D eigenvalue weighted by atomic mass is 9.98. The third-order valence-corrected chi connectivity index (χ3v) is 3.69. The maximum Gasteiger partial charge on any atom is 0.307 e. The molecule has 2 rings (SSSR count). The molecule has 0 spiro atoms. The maximum absolute atomic E-state index is 11.0. The van der Waals surface area contributed by atoms with Crippen LogP contribution in [-0.2, 0) is 4.79 Å². The second kappa shape index (κ2) is 5.16. The first kappa shape index (κ1) is 13.2. The third kappa shape index (κ3) is 2.44. The van der Waals surface area contributed by atoms with Crippen LogP contribution in [0.1, 0.15) is 23.6 Å². The summed E-state index contributed by atoms with van der Waals surface area (Å²) in [7, 11) is 1.58. The highest BCUT2D eigenvalue weighted by atomic mass is 35.5. The Labute approximate surface area is 111 Å². The molecule has 4 nitrogen and oxygen atoms in total. The number of methoxy groups -OCH3 is 1. The quantitative estimate of drug-likeness (QED) is 0.885. The van der Waals surface area contributed by atoms with Gasteiger partial charge in [-0.15, -0.1) is 0 Å². The van der Waals surface area contributed by atoms with Crippen molar-refractivity contribution in [2.75, 3.05) is 13.7 Å². The van der Waals surface area contributed by atoms with Gasteiger partial charge in [-0.3, -0.25) is 4.79 Å². The number of aryl methyl sites for hydroxylation is 1. The minimum atomic E-state index is -0.763. The standard InChI is InChI=1S/C13H16ClNO3/c1-7-3-9(12(14)11(4-7)18-2)10-5-8(6-15-10)13(16)17/h3-4,8,10,15H,5-6H2,1-2H3,(H,16,17). The van der Waals surface area contributed by atoms with Crippen LogP contribution in [0.2, 0.25) is 5.02 Å². The zero-order chi connectivity index (χ0) is 13.3. The molecule has 0 saturated carbocycles. The number of hydrogen-bond acceptors (Lipinski definition) is 3. The van der Waals surface area contributed by atoms with Gasteiger partial charge in [0.15, 0.2) is 0 Å². The Morgan fingerprint density at radius 2 is 2.28 bits per heavy atom. The first-order valence-corrected chi connectivity index (χ1v) is 6.21. The highest BCUT2D eigenvalue weighted by Gasteiger charge is 2.31. The molecule has 0 amide bonds. The first-order valence-electron chi connectivity index (χ1n) is 5.83. The molecule has 2 N–H and O–H groups in total. The van der Waals surface area contributed by atoms with Gasteiger partial charge in [0.2, 0.25) is 0 Å². The topological polar surface area (TPSA) is 58.6 Å². The molecule has 1 aliphatic rings. The third-order valence-electron chi connectivity index (χ3n) is 3.29. The van der Waals surface area contributed by atoms with Crippen molar-refractivity contribution >= 4 is 17.6 Å². The Balaban J connectivity index is 2.29. The summed E-state index contributed by atoms with van der Waals surface area (Å²) < 4.78 is 5.22. The summed E-state index contributed by atoms with van der Waals surface area (Å²) in [6, 6.07) is 3.83. The van der Waals surface area contributed by atoms with Gasteiger partial charge in [0.25, 0.3) is 0 Å². The lowest BCUT2D eigenvalue weighted by molar-refractivity contribution is -0.141. The van der Waals surface area contributed by atoms with Gasteiger partial charge >= 0.3 is 5.97 Å². The van der Waals surface area contributed by atoms with E-state index >= 15 is 0 Å². The molecule has 0 aliphatic carbocycles. The smallest absolute Gasteiger partial charge is 0.307 e. The summed E-state index contributed by atoms with van der Waals surface area (Å²) in [6.45, 7) is 2.44. The van der Waals surface area contributed by atoms with Gasteiger partial charge < -0.3 is 15.2 Å². The molecule has 1 fully saturated rings. The summed E-state index contributed by atoms with van der Waals surface area (Å²) >= 11 is 6.28. The summed E-state index contributed by atoms with van der Waals surface area (Å²) in [5, 5.41) is 12.8. The highest BCUT2D eigenvalue weighted by molar-refractivity contribution is 6.33. The minimum Gasteiger partial charge on any atom is -0.495 e. The summed E-state index contributed by atoms with van der Waals surface area (Å²) in [4.78, 5) is 11.0. The van der Waals surface area contributed by atoms with Crippen molar-refractivity contribution < 1.29 is 14.6 Å². The number of rotatable bonds is 3. The number of carboxylic acids is 1. The lowest BCUT2D eigenvalue weighted by Crippen LogP contribution is -2.17. The average Bonchev–Trinajstić information content (AvgIpc) is 2.81. The van der Waals surface area contributed by atoms with E-state index in [0.717, 1.165) is 11.1 Å². The predicted octanol–water partition coefficient (Wildman–Crippen LogP) is 2.39. The van der Waals surface area contributed by atoms with E-state index in [1.807, 2.05) is 19.1 Å². The molecule has 2 unspecified atom stereocenters. The fourth-order valence-electron chi connectivity index (χ4n) is 2.33. The van der Waals surface area contributed by atoms with Gasteiger partial charge in [-0.1, -0.05) is 17.7 Å². The number of halogens is 1. The molecular formula is C13H16ClNO3. The van der Waals surface area contributed by atoms with Gasteiger partial charge in [0.05, 0.1) is 18.1 Å². The molecule has 0 aromatic heterocycles. The first-order chi connectivity index (χ1) is 8.52.